The van der Waals surface area contributed by atoms with Gasteiger partial charge in [0.2, 0.25) is 11.7 Å². The number of halogens is 3. The zero-order valence-electron chi connectivity index (χ0n) is 12.7. The van der Waals surface area contributed by atoms with Crippen molar-refractivity contribution >= 4 is 0 Å². The minimum Gasteiger partial charge on any atom is -0.497 e. The highest BCUT2D eigenvalue weighted by molar-refractivity contribution is 5.54. The van der Waals surface area contributed by atoms with Crippen LogP contribution in [0.25, 0.3) is 11.4 Å². The SMILES string of the molecule is COc1ccc(Cc2nc(-c3ccc(C(F)(F)F)cc3)no2)cc1. The summed E-state index contributed by atoms with van der Waals surface area (Å²) in [5.74, 6) is 1.39. The van der Waals surface area contributed by atoms with Crippen LogP contribution in [0.4, 0.5) is 13.2 Å². The Labute approximate surface area is 135 Å². The van der Waals surface area contributed by atoms with E-state index in [2.05, 4.69) is 10.1 Å². The summed E-state index contributed by atoms with van der Waals surface area (Å²) in [4.78, 5) is 4.22. The van der Waals surface area contributed by atoms with Gasteiger partial charge < -0.3 is 9.26 Å². The van der Waals surface area contributed by atoms with E-state index >= 15 is 0 Å². The van der Waals surface area contributed by atoms with Crippen molar-refractivity contribution in [3.8, 4) is 17.1 Å². The number of hydrogen-bond donors (Lipinski definition) is 0. The van der Waals surface area contributed by atoms with Gasteiger partial charge >= 0.3 is 6.18 Å². The first-order valence-corrected chi connectivity index (χ1v) is 7.09. The molecule has 0 radical (unpaired) electrons. The van der Waals surface area contributed by atoms with Crippen molar-refractivity contribution in [1.82, 2.24) is 10.1 Å². The van der Waals surface area contributed by atoms with E-state index < -0.39 is 11.7 Å². The smallest absolute Gasteiger partial charge is 0.416 e. The van der Waals surface area contributed by atoms with Crippen molar-refractivity contribution in [2.45, 2.75) is 12.6 Å². The molecule has 0 unspecified atom stereocenters. The zero-order valence-corrected chi connectivity index (χ0v) is 12.7. The fourth-order valence-electron chi connectivity index (χ4n) is 2.17. The lowest BCUT2D eigenvalue weighted by molar-refractivity contribution is -0.137. The van der Waals surface area contributed by atoms with Crippen LogP contribution < -0.4 is 4.74 Å². The maximum Gasteiger partial charge on any atom is 0.416 e. The van der Waals surface area contributed by atoms with Crippen LogP contribution in [0.3, 0.4) is 0 Å². The molecule has 0 aliphatic heterocycles. The van der Waals surface area contributed by atoms with Gasteiger partial charge in [-0.2, -0.15) is 18.2 Å². The molecule has 0 aliphatic rings. The fourth-order valence-corrected chi connectivity index (χ4v) is 2.17. The topological polar surface area (TPSA) is 48.2 Å². The molecule has 24 heavy (non-hydrogen) atoms. The van der Waals surface area contributed by atoms with Gasteiger partial charge in [-0.25, -0.2) is 0 Å². The van der Waals surface area contributed by atoms with Crippen molar-refractivity contribution in [2.75, 3.05) is 7.11 Å². The van der Waals surface area contributed by atoms with E-state index in [4.69, 9.17) is 9.26 Å². The molecule has 0 N–H and O–H groups in total. The minimum atomic E-state index is -4.37. The Kier molecular flexibility index (Phi) is 4.24. The number of rotatable bonds is 4. The first kappa shape index (κ1) is 16.0. The number of alkyl halides is 3. The second-order valence-electron chi connectivity index (χ2n) is 5.11. The summed E-state index contributed by atoms with van der Waals surface area (Å²) in [6, 6.07) is 12.0. The molecule has 7 heteroatoms. The van der Waals surface area contributed by atoms with Crippen molar-refractivity contribution in [2.24, 2.45) is 0 Å². The molecule has 0 spiro atoms. The number of aromatic nitrogens is 2. The van der Waals surface area contributed by atoms with Gasteiger partial charge in [-0.1, -0.05) is 29.4 Å². The van der Waals surface area contributed by atoms with E-state index in [-0.39, 0.29) is 5.82 Å². The standard InChI is InChI=1S/C17H13F3N2O2/c1-23-14-8-2-11(3-9-14)10-15-21-16(22-24-15)12-4-6-13(7-5-12)17(18,19)20/h2-9H,10H2,1H3. The molecule has 1 heterocycles. The predicted octanol–water partition coefficient (Wildman–Crippen LogP) is 4.35. The molecule has 4 nitrogen and oxygen atoms in total. The highest BCUT2D eigenvalue weighted by atomic mass is 19.4. The van der Waals surface area contributed by atoms with Crippen LogP contribution in [-0.4, -0.2) is 17.3 Å². The van der Waals surface area contributed by atoms with Crippen LogP contribution in [0.2, 0.25) is 0 Å². The molecular weight excluding hydrogens is 321 g/mol. The van der Waals surface area contributed by atoms with Gasteiger partial charge in [0.05, 0.1) is 19.1 Å². The molecule has 2 aromatic carbocycles. The molecule has 0 fully saturated rings. The van der Waals surface area contributed by atoms with Crippen LogP contribution in [0, 0.1) is 0 Å². The predicted molar refractivity (Wildman–Crippen MR) is 80.5 cm³/mol. The molecule has 0 aliphatic carbocycles. The number of benzene rings is 2. The fraction of sp³-hybridized carbons (Fsp3) is 0.176. The Morgan fingerprint density at radius 2 is 1.67 bits per heavy atom. The van der Waals surface area contributed by atoms with Gasteiger partial charge in [0.25, 0.3) is 0 Å². The van der Waals surface area contributed by atoms with Gasteiger partial charge in [-0.05, 0) is 29.8 Å². The van der Waals surface area contributed by atoms with E-state index in [0.29, 0.717) is 17.9 Å². The summed E-state index contributed by atoms with van der Waals surface area (Å²) >= 11 is 0. The average molecular weight is 334 g/mol. The molecule has 3 rings (SSSR count). The number of nitrogens with zero attached hydrogens (tertiary/aromatic N) is 2. The molecule has 124 valence electrons. The molecule has 0 saturated carbocycles. The normalized spacial score (nSPS) is 11.5. The van der Waals surface area contributed by atoms with Crippen molar-refractivity contribution in [3.05, 3.63) is 65.5 Å². The maximum atomic E-state index is 12.6. The van der Waals surface area contributed by atoms with Crippen molar-refractivity contribution in [1.29, 1.82) is 0 Å². The van der Waals surface area contributed by atoms with Crippen LogP contribution in [0.5, 0.6) is 5.75 Å². The minimum absolute atomic E-state index is 0.257. The number of hydrogen-bond acceptors (Lipinski definition) is 4. The third kappa shape index (κ3) is 3.56. The molecule has 0 amide bonds. The highest BCUT2D eigenvalue weighted by Crippen LogP contribution is 2.30. The molecule has 0 saturated heterocycles. The third-order valence-corrected chi connectivity index (χ3v) is 3.45. The Morgan fingerprint density at radius 3 is 2.25 bits per heavy atom. The van der Waals surface area contributed by atoms with Crippen LogP contribution in [0.15, 0.2) is 53.1 Å². The van der Waals surface area contributed by atoms with Crippen LogP contribution in [0.1, 0.15) is 17.0 Å². The van der Waals surface area contributed by atoms with Gasteiger partial charge in [0.15, 0.2) is 0 Å². The Morgan fingerprint density at radius 1 is 1.00 bits per heavy atom. The highest BCUT2D eigenvalue weighted by Gasteiger charge is 2.30. The quantitative estimate of drug-likeness (QED) is 0.711. The van der Waals surface area contributed by atoms with Crippen molar-refractivity contribution < 1.29 is 22.4 Å². The van der Waals surface area contributed by atoms with Gasteiger partial charge in [-0.3, -0.25) is 0 Å². The van der Waals surface area contributed by atoms with Crippen molar-refractivity contribution in [3.63, 3.8) is 0 Å². The van der Waals surface area contributed by atoms with Gasteiger partial charge in [0, 0.05) is 5.56 Å². The first-order valence-electron chi connectivity index (χ1n) is 7.09. The van der Waals surface area contributed by atoms with Crippen LogP contribution in [-0.2, 0) is 12.6 Å². The molecular formula is C17H13F3N2O2. The molecule has 0 atom stereocenters. The Hall–Kier alpha value is -2.83. The van der Waals surface area contributed by atoms with E-state index in [9.17, 15) is 13.2 Å². The lowest BCUT2D eigenvalue weighted by atomic mass is 10.1. The second-order valence-corrected chi connectivity index (χ2v) is 5.11. The summed E-state index contributed by atoms with van der Waals surface area (Å²) < 4.78 is 47.9. The molecule has 3 aromatic rings. The molecule has 0 bridgehead atoms. The van der Waals surface area contributed by atoms with E-state index in [1.54, 1.807) is 7.11 Å². The zero-order chi connectivity index (χ0) is 17.2. The number of methoxy groups -OCH3 is 1. The monoisotopic (exact) mass is 334 g/mol. The summed E-state index contributed by atoms with van der Waals surface area (Å²) in [5, 5.41) is 3.82. The van der Waals surface area contributed by atoms with E-state index in [1.807, 2.05) is 24.3 Å². The number of ether oxygens (including phenoxy) is 1. The maximum absolute atomic E-state index is 12.6. The summed E-state index contributed by atoms with van der Waals surface area (Å²) in [7, 11) is 1.59. The van der Waals surface area contributed by atoms with Crippen LogP contribution >= 0.6 is 0 Å². The molecule has 1 aromatic heterocycles. The lowest BCUT2D eigenvalue weighted by Gasteiger charge is -2.05. The summed E-state index contributed by atoms with van der Waals surface area (Å²) in [6.45, 7) is 0. The third-order valence-electron chi connectivity index (χ3n) is 3.45. The lowest BCUT2D eigenvalue weighted by Crippen LogP contribution is -2.04. The van der Waals surface area contributed by atoms with Gasteiger partial charge in [0.1, 0.15) is 5.75 Å². The second kappa shape index (κ2) is 6.35. The largest absolute Gasteiger partial charge is 0.497 e. The Bertz CT molecular complexity index is 809. The average Bonchev–Trinajstić information content (AvgIpc) is 3.03. The summed E-state index contributed by atoms with van der Waals surface area (Å²) in [6.07, 6.45) is -3.94. The summed E-state index contributed by atoms with van der Waals surface area (Å²) in [5.41, 5.74) is 0.708. The van der Waals surface area contributed by atoms with Gasteiger partial charge in [-0.15, -0.1) is 0 Å². The van der Waals surface area contributed by atoms with E-state index in [1.165, 1.54) is 12.1 Å². The first-order chi connectivity index (χ1) is 11.5. The van der Waals surface area contributed by atoms with E-state index in [0.717, 1.165) is 23.4 Å². The Balaban J connectivity index is 1.75.